The van der Waals surface area contributed by atoms with Crippen LogP contribution in [0, 0.1) is 17.6 Å². The first kappa shape index (κ1) is 16.8. The van der Waals surface area contributed by atoms with Crippen LogP contribution in [0.15, 0.2) is 18.2 Å². The Morgan fingerprint density at radius 1 is 1.45 bits per heavy atom. The van der Waals surface area contributed by atoms with Crippen LogP contribution >= 0.6 is 0 Å². The molecular formula is C16H22F2N2O2. The van der Waals surface area contributed by atoms with Crippen LogP contribution in [0.2, 0.25) is 0 Å². The number of rotatable bonds is 5. The maximum absolute atomic E-state index is 13.5. The number of nitrogens with zero attached hydrogens (tertiary/aromatic N) is 1. The lowest BCUT2D eigenvalue weighted by Crippen LogP contribution is -2.43. The van der Waals surface area contributed by atoms with Crippen molar-refractivity contribution in [1.82, 2.24) is 4.90 Å². The fraction of sp³-hybridized carbons (Fsp3) is 0.562. The summed E-state index contributed by atoms with van der Waals surface area (Å²) >= 11 is 0. The van der Waals surface area contributed by atoms with Gasteiger partial charge in [0.15, 0.2) is 0 Å². The lowest BCUT2D eigenvalue weighted by molar-refractivity contribution is -0.120. The standard InChI is InChI=1S/C16H22F2N2O2/c1-10(20(2)9-11-4-3-5-15(11)21)16(22)19-14-8-12(17)6-7-13(14)18/h6-8,10-11,15,21H,3-5,9H2,1-2H3,(H,19,22). The van der Waals surface area contributed by atoms with E-state index < -0.39 is 23.6 Å². The summed E-state index contributed by atoms with van der Waals surface area (Å²) in [6.45, 7) is 2.30. The average molecular weight is 312 g/mol. The van der Waals surface area contributed by atoms with Gasteiger partial charge in [-0.1, -0.05) is 6.42 Å². The fourth-order valence-corrected chi connectivity index (χ4v) is 2.79. The van der Waals surface area contributed by atoms with E-state index in [0.29, 0.717) is 6.54 Å². The lowest BCUT2D eigenvalue weighted by atomic mass is 10.0. The number of aliphatic hydroxyl groups is 1. The molecule has 1 aromatic rings. The predicted octanol–water partition coefficient (Wildman–Crippen LogP) is 2.38. The van der Waals surface area contributed by atoms with Crippen molar-refractivity contribution >= 4 is 11.6 Å². The van der Waals surface area contributed by atoms with Gasteiger partial charge in [-0.05, 0) is 44.9 Å². The lowest BCUT2D eigenvalue weighted by Gasteiger charge is -2.28. The van der Waals surface area contributed by atoms with E-state index in [1.165, 1.54) is 0 Å². The third kappa shape index (κ3) is 4.01. The normalized spacial score (nSPS) is 22.8. The molecule has 0 aliphatic heterocycles. The number of aliphatic hydroxyl groups excluding tert-OH is 1. The number of hydrogen-bond acceptors (Lipinski definition) is 3. The second kappa shape index (κ2) is 7.15. The minimum Gasteiger partial charge on any atom is -0.393 e. The van der Waals surface area contributed by atoms with Gasteiger partial charge >= 0.3 is 0 Å². The van der Waals surface area contributed by atoms with Crippen LogP contribution in [-0.2, 0) is 4.79 Å². The summed E-state index contributed by atoms with van der Waals surface area (Å²) < 4.78 is 26.7. The van der Waals surface area contributed by atoms with E-state index in [1.54, 1.807) is 14.0 Å². The highest BCUT2D eigenvalue weighted by Crippen LogP contribution is 2.26. The summed E-state index contributed by atoms with van der Waals surface area (Å²) in [7, 11) is 1.79. The fourth-order valence-electron chi connectivity index (χ4n) is 2.79. The van der Waals surface area contributed by atoms with E-state index in [9.17, 15) is 18.7 Å². The number of carbonyl (C=O) groups is 1. The van der Waals surface area contributed by atoms with Gasteiger partial charge in [0.2, 0.25) is 5.91 Å². The molecule has 1 saturated carbocycles. The second-order valence-corrected chi connectivity index (χ2v) is 5.99. The van der Waals surface area contributed by atoms with Crippen molar-refractivity contribution in [2.45, 2.75) is 38.3 Å². The van der Waals surface area contributed by atoms with Gasteiger partial charge in [-0.25, -0.2) is 8.78 Å². The SMILES string of the molecule is CC(C(=O)Nc1cc(F)ccc1F)N(C)CC1CCCC1O. The second-order valence-electron chi connectivity index (χ2n) is 5.99. The Morgan fingerprint density at radius 2 is 2.18 bits per heavy atom. The minimum atomic E-state index is -0.671. The molecule has 1 amide bonds. The van der Waals surface area contributed by atoms with E-state index in [4.69, 9.17) is 0 Å². The van der Waals surface area contributed by atoms with Crippen LogP contribution in [-0.4, -0.2) is 41.7 Å². The largest absolute Gasteiger partial charge is 0.393 e. The van der Waals surface area contributed by atoms with E-state index in [-0.39, 0.29) is 17.7 Å². The Labute approximate surface area is 129 Å². The molecule has 0 spiro atoms. The van der Waals surface area contributed by atoms with Crippen molar-refractivity contribution in [3.05, 3.63) is 29.8 Å². The molecule has 3 atom stereocenters. The maximum Gasteiger partial charge on any atom is 0.241 e. The van der Waals surface area contributed by atoms with Gasteiger partial charge in [-0.3, -0.25) is 9.69 Å². The zero-order valence-electron chi connectivity index (χ0n) is 12.9. The molecule has 0 heterocycles. The van der Waals surface area contributed by atoms with Crippen LogP contribution < -0.4 is 5.32 Å². The van der Waals surface area contributed by atoms with Crippen LogP contribution in [0.4, 0.5) is 14.5 Å². The summed E-state index contributed by atoms with van der Waals surface area (Å²) in [5.74, 6) is -1.52. The number of benzene rings is 1. The number of carbonyl (C=O) groups excluding carboxylic acids is 1. The monoisotopic (exact) mass is 312 g/mol. The summed E-state index contributed by atoms with van der Waals surface area (Å²) in [6, 6.07) is 2.44. The van der Waals surface area contributed by atoms with Crippen molar-refractivity contribution in [1.29, 1.82) is 0 Å². The maximum atomic E-state index is 13.5. The quantitative estimate of drug-likeness (QED) is 0.878. The van der Waals surface area contributed by atoms with Crippen molar-refractivity contribution in [3.63, 3.8) is 0 Å². The van der Waals surface area contributed by atoms with Crippen LogP contribution in [0.3, 0.4) is 0 Å². The zero-order valence-corrected chi connectivity index (χ0v) is 12.9. The van der Waals surface area contributed by atoms with Gasteiger partial charge in [0, 0.05) is 12.6 Å². The molecular weight excluding hydrogens is 290 g/mol. The van der Waals surface area contributed by atoms with Crippen molar-refractivity contribution in [2.24, 2.45) is 5.92 Å². The Balaban J connectivity index is 1.94. The molecule has 3 unspecified atom stereocenters. The molecule has 0 aromatic heterocycles. The molecule has 122 valence electrons. The van der Waals surface area contributed by atoms with E-state index >= 15 is 0 Å². The Bertz CT molecular complexity index is 539. The molecule has 6 heteroatoms. The molecule has 1 aliphatic carbocycles. The van der Waals surface area contributed by atoms with Crippen LogP contribution in [0.1, 0.15) is 26.2 Å². The first-order valence-corrected chi connectivity index (χ1v) is 7.52. The Kier molecular flexibility index (Phi) is 5.47. The summed E-state index contributed by atoms with van der Waals surface area (Å²) in [5.41, 5.74) is -0.161. The van der Waals surface area contributed by atoms with E-state index in [0.717, 1.165) is 37.5 Å². The summed E-state index contributed by atoms with van der Waals surface area (Å²) in [4.78, 5) is 14.0. The smallest absolute Gasteiger partial charge is 0.241 e. The highest BCUT2D eigenvalue weighted by Gasteiger charge is 2.29. The molecule has 2 rings (SSSR count). The molecule has 0 bridgehead atoms. The topological polar surface area (TPSA) is 52.6 Å². The number of likely N-dealkylation sites (N-methyl/N-ethyl adjacent to an activating group) is 1. The van der Waals surface area contributed by atoms with Crippen molar-refractivity contribution < 1.29 is 18.7 Å². The minimum absolute atomic E-state index is 0.158. The third-order valence-corrected chi connectivity index (χ3v) is 4.37. The molecule has 0 saturated heterocycles. The first-order valence-electron chi connectivity index (χ1n) is 7.52. The van der Waals surface area contributed by atoms with Gasteiger partial charge in [-0.15, -0.1) is 0 Å². The number of anilines is 1. The average Bonchev–Trinajstić information content (AvgIpc) is 2.87. The van der Waals surface area contributed by atoms with Gasteiger partial charge in [0.25, 0.3) is 0 Å². The Morgan fingerprint density at radius 3 is 2.82 bits per heavy atom. The van der Waals surface area contributed by atoms with Crippen LogP contribution in [0.25, 0.3) is 0 Å². The number of hydrogen-bond donors (Lipinski definition) is 2. The molecule has 1 fully saturated rings. The molecule has 4 nitrogen and oxygen atoms in total. The summed E-state index contributed by atoms with van der Waals surface area (Å²) in [5, 5.41) is 12.3. The number of nitrogens with one attached hydrogen (secondary N) is 1. The highest BCUT2D eigenvalue weighted by molar-refractivity contribution is 5.94. The predicted molar refractivity (Wildman–Crippen MR) is 80.4 cm³/mol. The zero-order chi connectivity index (χ0) is 16.3. The van der Waals surface area contributed by atoms with Crippen molar-refractivity contribution in [3.8, 4) is 0 Å². The molecule has 22 heavy (non-hydrogen) atoms. The number of amides is 1. The van der Waals surface area contributed by atoms with Gasteiger partial charge in [0.1, 0.15) is 11.6 Å². The molecule has 2 N–H and O–H groups in total. The van der Waals surface area contributed by atoms with E-state index in [1.807, 2.05) is 4.90 Å². The molecule has 1 aliphatic rings. The van der Waals surface area contributed by atoms with Crippen LogP contribution in [0.5, 0.6) is 0 Å². The number of halogens is 2. The first-order chi connectivity index (χ1) is 10.4. The molecule has 0 radical (unpaired) electrons. The highest BCUT2D eigenvalue weighted by atomic mass is 19.1. The van der Waals surface area contributed by atoms with Crippen molar-refractivity contribution in [2.75, 3.05) is 18.9 Å². The third-order valence-electron chi connectivity index (χ3n) is 4.37. The van der Waals surface area contributed by atoms with Gasteiger partial charge in [0.05, 0.1) is 17.8 Å². The summed E-state index contributed by atoms with van der Waals surface area (Å²) in [6.07, 6.45) is 2.42. The Hall–Kier alpha value is -1.53. The molecule has 1 aromatic carbocycles. The van der Waals surface area contributed by atoms with Gasteiger partial charge < -0.3 is 10.4 Å². The van der Waals surface area contributed by atoms with E-state index in [2.05, 4.69) is 5.32 Å². The van der Waals surface area contributed by atoms with Gasteiger partial charge in [-0.2, -0.15) is 0 Å².